The number of rotatable bonds is 2. The Hall–Kier alpha value is 0.350. The molecule has 0 aromatic carbocycles. The summed E-state index contributed by atoms with van der Waals surface area (Å²) in [5, 5.41) is 0. The first-order valence-electron chi connectivity index (χ1n) is 4.41. The van der Waals surface area contributed by atoms with Crippen LogP contribution in [0.3, 0.4) is 0 Å². The molecular weight excluding hydrogens is 140 g/mol. The Labute approximate surface area is 68.8 Å². The van der Waals surface area contributed by atoms with E-state index in [1.165, 1.54) is 37.2 Å². The molecule has 0 spiro atoms. The minimum absolute atomic E-state index is 0.725. The van der Waals surface area contributed by atoms with Gasteiger partial charge in [0.1, 0.15) is 0 Å². The summed E-state index contributed by atoms with van der Waals surface area (Å²) in [7, 11) is 0. The van der Waals surface area contributed by atoms with Gasteiger partial charge >= 0.3 is 0 Å². The Balaban J connectivity index is 2.44. The third kappa shape index (κ3) is 1.69. The Bertz CT molecular complexity index is 86.9. The molecule has 0 aromatic heterocycles. The second kappa shape index (κ2) is 3.66. The molecule has 0 unspecified atom stereocenters. The molecule has 0 bridgehead atoms. The second-order valence-corrected chi connectivity index (χ2v) is 4.47. The molecular formula is C9H18S. The average Bonchev–Trinajstić information content (AvgIpc) is 2.06. The van der Waals surface area contributed by atoms with E-state index in [9.17, 15) is 0 Å². The lowest BCUT2D eigenvalue weighted by Crippen LogP contribution is -2.25. The van der Waals surface area contributed by atoms with Gasteiger partial charge in [-0.2, -0.15) is 11.8 Å². The minimum Gasteiger partial charge on any atom is -0.161 e. The van der Waals surface area contributed by atoms with Crippen LogP contribution in [0.4, 0.5) is 0 Å². The predicted molar refractivity (Wildman–Crippen MR) is 49.6 cm³/mol. The molecule has 60 valence electrons. The van der Waals surface area contributed by atoms with Gasteiger partial charge in [0.2, 0.25) is 0 Å². The molecule has 0 saturated carbocycles. The van der Waals surface area contributed by atoms with E-state index in [0.717, 1.165) is 5.41 Å². The van der Waals surface area contributed by atoms with Gasteiger partial charge in [0.05, 0.1) is 0 Å². The van der Waals surface area contributed by atoms with Crippen molar-refractivity contribution in [1.29, 1.82) is 0 Å². The van der Waals surface area contributed by atoms with E-state index in [1.807, 2.05) is 0 Å². The Morgan fingerprint density at radius 2 is 2.00 bits per heavy atom. The van der Waals surface area contributed by atoms with Crippen molar-refractivity contribution in [3.63, 3.8) is 0 Å². The van der Waals surface area contributed by atoms with Crippen molar-refractivity contribution >= 4 is 11.8 Å². The van der Waals surface area contributed by atoms with Crippen LogP contribution in [0.25, 0.3) is 0 Å². The van der Waals surface area contributed by atoms with Crippen molar-refractivity contribution in [2.75, 3.05) is 11.5 Å². The maximum absolute atomic E-state index is 2.34. The summed E-state index contributed by atoms with van der Waals surface area (Å²) < 4.78 is 0. The van der Waals surface area contributed by atoms with Gasteiger partial charge in [-0.1, -0.05) is 13.8 Å². The van der Waals surface area contributed by atoms with Gasteiger partial charge in [0.25, 0.3) is 0 Å². The highest BCUT2D eigenvalue weighted by atomic mass is 32.2. The maximum Gasteiger partial charge on any atom is -0.00110 e. The number of hydrogen-bond donors (Lipinski definition) is 0. The average molecular weight is 158 g/mol. The van der Waals surface area contributed by atoms with Crippen LogP contribution in [0.1, 0.15) is 39.5 Å². The van der Waals surface area contributed by atoms with Crippen molar-refractivity contribution in [3.05, 3.63) is 0 Å². The standard InChI is InChI=1S/C9H18S/c1-3-9(4-2)6-5-7-10-8-9/h3-8H2,1-2H3. The predicted octanol–water partition coefficient (Wildman–Crippen LogP) is 3.32. The zero-order chi connectivity index (χ0) is 7.45. The molecule has 0 N–H and O–H groups in total. The Kier molecular flexibility index (Phi) is 3.09. The van der Waals surface area contributed by atoms with Gasteiger partial charge in [-0.05, 0) is 42.6 Å². The van der Waals surface area contributed by atoms with Gasteiger partial charge in [-0.15, -0.1) is 0 Å². The highest BCUT2D eigenvalue weighted by Crippen LogP contribution is 2.39. The van der Waals surface area contributed by atoms with E-state index in [1.54, 1.807) is 0 Å². The fourth-order valence-electron chi connectivity index (χ4n) is 1.72. The molecule has 10 heavy (non-hydrogen) atoms. The van der Waals surface area contributed by atoms with Crippen LogP contribution in [0.5, 0.6) is 0 Å². The lowest BCUT2D eigenvalue weighted by atomic mass is 9.80. The van der Waals surface area contributed by atoms with E-state index < -0.39 is 0 Å². The molecule has 0 aliphatic carbocycles. The largest absolute Gasteiger partial charge is 0.161 e. The molecule has 1 fully saturated rings. The first-order valence-corrected chi connectivity index (χ1v) is 5.56. The second-order valence-electron chi connectivity index (χ2n) is 3.36. The summed E-state index contributed by atoms with van der Waals surface area (Å²) in [6.45, 7) is 4.69. The summed E-state index contributed by atoms with van der Waals surface area (Å²) >= 11 is 2.15. The Morgan fingerprint density at radius 3 is 2.30 bits per heavy atom. The van der Waals surface area contributed by atoms with Crippen molar-refractivity contribution in [3.8, 4) is 0 Å². The van der Waals surface area contributed by atoms with Crippen LogP contribution < -0.4 is 0 Å². The minimum atomic E-state index is 0.725. The third-order valence-electron chi connectivity index (χ3n) is 2.90. The lowest BCUT2D eigenvalue weighted by molar-refractivity contribution is 0.272. The number of thioether (sulfide) groups is 1. The van der Waals surface area contributed by atoms with Crippen LogP contribution >= 0.6 is 11.8 Å². The van der Waals surface area contributed by atoms with E-state index in [4.69, 9.17) is 0 Å². The van der Waals surface area contributed by atoms with Crippen molar-refractivity contribution < 1.29 is 0 Å². The molecule has 1 heteroatoms. The van der Waals surface area contributed by atoms with Gasteiger partial charge in [-0.25, -0.2) is 0 Å². The topological polar surface area (TPSA) is 0 Å². The zero-order valence-electron chi connectivity index (χ0n) is 7.15. The van der Waals surface area contributed by atoms with Gasteiger partial charge in [0.15, 0.2) is 0 Å². The van der Waals surface area contributed by atoms with E-state index in [0.29, 0.717) is 0 Å². The molecule has 1 rings (SSSR count). The summed E-state index contributed by atoms with van der Waals surface area (Å²) in [4.78, 5) is 0. The monoisotopic (exact) mass is 158 g/mol. The molecule has 0 radical (unpaired) electrons. The highest BCUT2D eigenvalue weighted by molar-refractivity contribution is 7.99. The van der Waals surface area contributed by atoms with Crippen LogP contribution in [0, 0.1) is 5.41 Å². The maximum atomic E-state index is 2.34. The molecule has 0 amide bonds. The van der Waals surface area contributed by atoms with E-state index in [-0.39, 0.29) is 0 Å². The number of hydrogen-bond acceptors (Lipinski definition) is 1. The Morgan fingerprint density at radius 1 is 1.30 bits per heavy atom. The first-order chi connectivity index (χ1) is 4.83. The summed E-state index contributed by atoms with van der Waals surface area (Å²) in [5.74, 6) is 2.82. The molecule has 1 heterocycles. The first kappa shape index (κ1) is 8.45. The smallest absolute Gasteiger partial charge is 0.00110 e. The summed E-state index contributed by atoms with van der Waals surface area (Å²) in [6.07, 6.45) is 5.70. The molecule has 0 nitrogen and oxygen atoms in total. The molecule has 1 aliphatic rings. The molecule has 1 aliphatic heterocycles. The summed E-state index contributed by atoms with van der Waals surface area (Å²) in [5.41, 5.74) is 0.725. The van der Waals surface area contributed by atoms with Crippen molar-refractivity contribution in [2.24, 2.45) is 5.41 Å². The van der Waals surface area contributed by atoms with Crippen molar-refractivity contribution in [2.45, 2.75) is 39.5 Å². The van der Waals surface area contributed by atoms with Crippen LogP contribution in [0.2, 0.25) is 0 Å². The molecule has 1 saturated heterocycles. The zero-order valence-corrected chi connectivity index (χ0v) is 7.97. The van der Waals surface area contributed by atoms with E-state index in [2.05, 4.69) is 25.6 Å². The van der Waals surface area contributed by atoms with Gasteiger partial charge in [-0.3, -0.25) is 0 Å². The van der Waals surface area contributed by atoms with E-state index >= 15 is 0 Å². The molecule has 0 atom stereocenters. The normalized spacial score (nSPS) is 24.6. The quantitative estimate of drug-likeness (QED) is 0.594. The third-order valence-corrected chi connectivity index (χ3v) is 4.30. The lowest BCUT2D eigenvalue weighted by Gasteiger charge is -2.34. The fourth-order valence-corrected chi connectivity index (χ4v) is 3.20. The summed E-state index contributed by atoms with van der Waals surface area (Å²) in [6, 6.07) is 0. The van der Waals surface area contributed by atoms with Crippen molar-refractivity contribution in [1.82, 2.24) is 0 Å². The van der Waals surface area contributed by atoms with Crippen LogP contribution in [0.15, 0.2) is 0 Å². The van der Waals surface area contributed by atoms with Gasteiger partial charge < -0.3 is 0 Å². The molecule has 0 aromatic rings. The van der Waals surface area contributed by atoms with Crippen LogP contribution in [-0.4, -0.2) is 11.5 Å². The highest BCUT2D eigenvalue weighted by Gasteiger charge is 2.27. The van der Waals surface area contributed by atoms with Gasteiger partial charge in [0, 0.05) is 0 Å². The fraction of sp³-hybridized carbons (Fsp3) is 1.00. The SMILES string of the molecule is CCC1(CC)CCCSC1. The van der Waals surface area contributed by atoms with Crippen LogP contribution in [-0.2, 0) is 0 Å².